The van der Waals surface area contributed by atoms with Gasteiger partial charge in [-0.3, -0.25) is 0 Å². The van der Waals surface area contributed by atoms with E-state index in [-0.39, 0.29) is 18.3 Å². The van der Waals surface area contributed by atoms with Gasteiger partial charge in [-0.05, 0) is 52.2 Å². The van der Waals surface area contributed by atoms with Gasteiger partial charge in [0.1, 0.15) is 0 Å². The summed E-state index contributed by atoms with van der Waals surface area (Å²) in [7, 11) is -0.330. The monoisotopic (exact) mass is 263 g/mol. The summed E-state index contributed by atoms with van der Waals surface area (Å²) in [5, 5.41) is 0. The van der Waals surface area contributed by atoms with Gasteiger partial charge in [-0.1, -0.05) is 25.5 Å². The summed E-state index contributed by atoms with van der Waals surface area (Å²) >= 11 is 0. The third kappa shape index (κ3) is 3.12. The Bertz CT molecular complexity index is 428. The van der Waals surface area contributed by atoms with Crippen LogP contribution in [0.1, 0.15) is 47.1 Å². The minimum atomic E-state index is -0.330. The molecule has 106 valence electrons. The Kier molecular flexibility index (Phi) is 4.69. The third-order valence-corrected chi connectivity index (χ3v) is 3.81. The van der Waals surface area contributed by atoms with Crippen LogP contribution in [0.5, 0.6) is 0 Å². The SMILES string of the molecule is CC.Cc1ccc(N)cc1B1OC(C)(C)C(C)(C)O1. The first-order chi connectivity index (χ1) is 8.73. The third-order valence-electron chi connectivity index (χ3n) is 3.81. The van der Waals surface area contributed by atoms with Gasteiger partial charge in [0, 0.05) is 5.69 Å². The first kappa shape index (κ1) is 16.1. The van der Waals surface area contributed by atoms with Crippen LogP contribution in [0.3, 0.4) is 0 Å². The quantitative estimate of drug-likeness (QED) is 0.626. The first-order valence-corrected chi connectivity index (χ1v) is 6.95. The highest BCUT2D eigenvalue weighted by atomic mass is 16.7. The average Bonchev–Trinajstić information content (AvgIpc) is 2.54. The molecule has 2 rings (SSSR count). The van der Waals surface area contributed by atoms with Crippen molar-refractivity contribution in [2.24, 2.45) is 0 Å². The standard InChI is InChI=1S/C13H20BNO2.C2H6/c1-9-6-7-10(15)8-11(9)14-16-12(2,3)13(4,5)17-14;1-2/h6-8H,15H2,1-5H3;1-2H3. The summed E-state index contributed by atoms with van der Waals surface area (Å²) in [6.45, 7) is 14.2. The summed E-state index contributed by atoms with van der Waals surface area (Å²) in [4.78, 5) is 0. The van der Waals surface area contributed by atoms with Crippen molar-refractivity contribution in [3.63, 3.8) is 0 Å². The van der Waals surface area contributed by atoms with Crippen molar-refractivity contribution in [1.29, 1.82) is 0 Å². The second-order valence-corrected chi connectivity index (χ2v) is 5.70. The molecule has 0 unspecified atom stereocenters. The van der Waals surface area contributed by atoms with Gasteiger partial charge in [0.05, 0.1) is 11.2 Å². The van der Waals surface area contributed by atoms with Crippen molar-refractivity contribution in [3.8, 4) is 0 Å². The minimum absolute atomic E-state index is 0.311. The first-order valence-electron chi connectivity index (χ1n) is 6.95. The van der Waals surface area contributed by atoms with E-state index >= 15 is 0 Å². The van der Waals surface area contributed by atoms with Crippen LogP contribution in [0.2, 0.25) is 0 Å². The van der Waals surface area contributed by atoms with Gasteiger partial charge >= 0.3 is 7.12 Å². The lowest BCUT2D eigenvalue weighted by molar-refractivity contribution is 0.00578. The predicted molar refractivity (Wildman–Crippen MR) is 82.7 cm³/mol. The van der Waals surface area contributed by atoms with E-state index in [0.29, 0.717) is 0 Å². The second-order valence-electron chi connectivity index (χ2n) is 5.70. The molecule has 19 heavy (non-hydrogen) atoms. The maximum absolute atomic E-state index is 6.01. The van der Waals surface area contributed by atoms with E-state index < -0.39 is 0 Å². The zero-order valence-corrected chi connectivity index (χ0v) is 13.2. The molecule has 4 heteroatoms. The molecule has 1 saturated heterocycles. The number of nitrogens with two attached hydrogens (primary N) is 1. The van der Waals surface area contributed by atoms with Crippen molar-refractivity contribution in [3.05, 3.63) is 23.8 Å². The van der Waals surface area contributed by atoms with Crippen LogP contribution in [0, 0.1) is 6.92 Å². The van der Waals surface area contributed by atoms with Crippen molar-refractivity contribution in [2.45, 2.75) is 59.7 Å². The van der Waals surface area contributed by atoms with Crippen LogP contribution in [0.15, 0.2) is 18.2 Å². The maximum atomic E-state index is 6.01. The second kappa shape index (κ2) is 5.55. The zero-order chi connectivity index (χ0) is 14.8. The van der Waals surface area contributed by atoms with Gasteiger partial charge in [-0.2, -0.15) is 0 Å². The Morgan fingerprint density at radius 2 is 1.47 bits per heavy atom. The molecule has 0 bridgehead atoms. The number of benzene rings is 1. The molecule has 0 spiro atoms. The van der Waals surface area contributed by atoms with E-state index in [1.165, 1.54) is 0 Å². The number of hydrogen-bond acceptors (Lipinski definition) is 3. The van der Waals surface area contributed by atoms with E-state index in [9.17, 15) is 0 Å². The average molecular weight is 263 g/mol. The van der Waals surface area contributed by atoms with Crippen molar-refractivity contribution < 1.29 is 9.31 Å². The summed E-state index contributed by atoms with van der Waals surface area (Å²) in [6, 6.07) is 5.82. The summed E-state index contributed by atoms with van der Waals surface area (Å²) in [6.07, 6.45) is 0. The lowest BCUT2D eigenvalue weighted by Gasteiger charge is -2.32. The highest BCUT2D eigenvalue weighted by Crippen LogP contribution is 2.36. The van der Waals surface area contributed by atoms with E-state index in [2.05, 4.69) is 27.7 Å². The van der Waals surface area contributed by atoms with Crippen LogP contribution in [-0.4, -0.2) is 18.3 Å². The fourth-order valence-electron chi connectivity index (χ4n) is 1.88. The Hall–Kier alpha value is -0.995. The Morgan fingerprint density at radius 3 is 1.95 bits per heavy atom. The molecule has 1 aromatic carbocycles. The number of anilines is 1. The topological polar surface area (TPSA) is 44.5 Å². The molecule has 1 aliphatic rings. The van der Waals surface area contributed by atoms with E-state index in [4.69, 9.17) is 15.0 Å². The van der Waals surface area contributed by atoms with Crippen LogP contribution in [-0.2, 0) is 9.31 Å². The Morgan fingerprint density at radius 1 is 1.00 bits per heavy atom. The fraction of sp³-hybridized carbons (Fsp3) is 0.600. The van der Waals surface area contributed by atoms with Gasteiger partial charge in [-0.25, -0.2) is 0 Å². The highest BCUT2D eigenvalue weighted by molar-refractivity contribution is 6.62. The molecule has 0 saturated carbocycles. The predicted octanol–water partition coefficient (Wildman–Crippen LogP) is 2.90. The van der Waals surface area contributed by atoms with Crippen LogP contribution in [0.4, 0.5) is 5.69 Å². The molecule has 1 fully saturated rings. The maximum Gasteiger partial charge on any atom is 0.495 e. The van der Waals surface area contributed by atoms with E-state index in [0.717, 1.165) is 16.7 Å². The molecule has 0 radical (unpaired) electrons. The molecular formula is C15H26BNO2. The van der Waals surface area contributed by atoms with Crippen molar-refractivity contribution >= 4 is 18.3 Å². The summed E-state index contributed by atoms with van der Waals surface area (Å²) in [5.74, 6) is 0. The Balaban J connectivity index is 0.000000861. The minimum Gasteiger partial charge on any atom is -0.399 e. The lowest BCUT2D eigenvalue weighted by atomic mass is 9.76. The molecule has 1 heterocycles. The van der Waals surface area contributed by atoms with Gasteiger partial charge in [-0.15, -0.1) is 0 Å². The molecule has 3 nitrogen and oxygen atoms in total. The van der Waals surface area contributed by atoms with Gasteiger partial charge in [0.2, 0.25) is 0 Å². The fourth-order valence-corrected chi connectivity index (χ4v) is 1.88. The van der Waals surface area contributed by atoms with Crippen molar-refractivity contribution in [1.82, 2.24) is 0 Å². The number of nitrogen functional groups attached to an aromatic ring is 1. The summed E-state index contributed by atoms with van der Waals surface area (Å²) in [5.41, 5.74) is 8.09. The van der Waals surface area contributed by atoms with Gasteiger partial charge < -0.3 is 15.0 Å². The summed E-state index contributed by atoms with van der Waals surface area (Å²) < 4.78 is 12.0. The van der Waals surface area contributed by atoms with E-state index in [1.54, 1.807) is 0 Å². The molecule has 0 atom stereocenters. The molecule has 1 aliphatic heterocycles. The highest BCUT2D eigenvalue weighted by Gasteiger charge is 2.52. The van der Waals surface area contributed by atoms with E-state index in [1.807, 2.05) is 39.0 Å². The molecule has 2 N–H and O–H groups in total. The van der Waals surface area contributed by atoms with Crippen LogP contribution in [0.25, 0.3) is 0 Å². The van der Waals surface area contributed by atoms with Crippen LogP contribution < -0.4 is 11.2 Å². The normalized spacial score (nSPS) is 19.8. The van der Waals surface area contributed by atoms with Gasteiger partial charge in [0.25, 0.3) is 0 Å². The zero-order valence-electron chi connectivity index (χ0n) is 13.2. The Labute approximate surface area is 117 Å². The number of hydrogen-bond donors (Lipinski definition) is 1. The largest absolute Gasteiger partial charge is 0.495 e. The lowest BCUT2D eigenvalue weighted by Crippen LogP contribution is -2.41. The molecule has 0 amide bonds. The molecular weight excluding hydrogens is 237 g/mol. The smallest absolute Gasteiger partial charge is 0.399 e. The van der Waals surface area contributed by atoms with Gasteiger partial charge in [0.15, 0.2) is 0 Å². The molecule has 0 aromatic heterocycles. The molecule has 0 aliphatic carbocycles. The number of rotatable bonds is 1. The van der Waals surface area contributed by atoms with Crippen LogP contribution >= 0.6 is 0 Å². The molecule has 1 aromatic rings. The number of aryl methyl sites for hydroxylation is 1. The van der Waals surface area contributed by atoms with Crippen molar-refractivity contribution in [2.75, 3.05) is 5.73 Å².